The molecule has 0 unspecified atom stereocenters. The molecule has 0 fully saturated rings. The third kappa shape index (κ3) is 3.19. The molecule has 0 saturated heterocycles. The summed E-state index contributed by atoms with van der Waals surface area (Å²) in [5, 5.41) is 3.24. The first-order valence-electron chi connectivity index (χ1n) is 7.63. The van der Waals surface area contributed by atoms with E-state index >= 15 is 0 Å². The monoisotopic (exact) mass is 326 g/mol. The van der Waals surface area contributed by atoms with Gasteiger partial charge in [0.05, 0.1) is 12.2 Å². The number of nitrogens with one attached hydrogen (secondary N) is 1. The molecule has 5 heteroatoms. The molecule has 1 amide bonds. The van der Waals surface area contributed by atoms with Crippen molar-refractivity contribution in [3.8, 4) is 5.75 Å². The Morgan fingerprint density at radius 3 is 2.78 bits per heavy atom. The number of rotatable bonds is 3. The van der Waals surface area contributed by atoms with Crippen molar-refractivity contribution in [3.05, 3.63) is 59.7 Å². The Kier molecular flexibility index (Phi) is 4.57. The van der Waals surface area contributed by atoms with E-state index in [1.165, 1.54) is 5.56 Å². The molecule has 4 nitrogen and oxygen atoms in total. The SMILES string of the molecule is CCOc1ccccc1C(=O)NC(=S)N1CCc2ccccc21. The van der Waals surface area contributed by atoms with Gasteiger partial charge in [0, 0.05) is 12.2 Å². The highest BCUT2D eigenvalue weighted by atomic mass is 32.1. The van der Waals surface area contributed by atoms with E-state index in [4.69, 9.17) is 17.0 Å². The molecular formula is C18H18N2O2S. The van der Waals surface area contributed by atoms with E-state index in [9.17, 15) is 4.79 Å². The average molecular weight is 326 g/mol. The Morgan fingerprint density at radius 2 is 1.96 bits per heavy atom. The molecule has 2 aromatic carbocycles. The van der Waals surface area contributed by atoms with Crippen LogP contribution < -0.4 is 15.0 Å². The van der Waals surface area contributed by atoms with Gasteiger partial charge in [-0.2, -0.15) is 0 Å². The van der Waals surface area contributed by atoms with E-state index in [1.807, 2.05) is 42.2 Å². The third-order valence-corrected chi connectivity index (χ3v) is 4.11. The van der Waals surface area contributed by atoms with Crippen LogP contribution in [0.1, 0.15) is 22.8 Å². The topological polar surface area (TPSA) is 41.6 Å². The summed E-state index contributed by atoms with van der Waals surface area (Å²) in [5.74, 6) is 0.320. The summed E-state index contributed by atoms with van der Waals surface area (Å²) < 4.78 is 5.50. The van der Waals surface area contributed by atoms with Gasteiger partial charge in [0.1, 0.15) is 5.75 Å². The van der Waals surface area contributed by atoms with Gasteiger partial charge in [-0.25, -0.2) is 0 Å². The average Bonchev–Trinajstić information content (AvgIpc) is 2.99. The second-order valence-corrected chi connectivity index (χ2v) is 5.61. The summed E-state index contributed by atoms with van der Waals surface area (Å²) in [6, 6.07) is 15.3. The van der Waals surface area contributed by atoms with E-state index in [1.54, 1.807) is 12.1 Å². The third-order valence-electron chi connectivity index (χ3n) is 3.78. The van der Waals surface area contributed by atoms with Crippen molar-refractivity contribution < 1.29 is 9.53 Å². The van der Waals surface area contributed by atoms with E-state index < -0.39 is 0 Å². The predicted octanol–water partition coefficient (Wildman–Crippen LogP) is 3.16. The first-order valence-corrected chi connectivity index (χ1v) is 8.04. The quantitative estimate of drug-likeness (QED) is 0.880. The molecule has 0 aromatic heterocycles. The number of anilines is 1. The molecule has 1 aliphatic rings. The lowest BCUT2D eigenvalue weighted by atomic mass is 10.2. The normalized spacial score (nSPS) is 12.7. The summed E-state index contributed by atoms with van der Waals surface area (Å²) >= 11 is 5.43. The number of carbonyl (C=O) groups is 1. The largest absolute Gasteiger partial charge is 0.493 e. The van der Waals surface area contributed by atoms with Crippen molar-refractivity contribution in [2.75, 3.05) is 18.1 Å². The number of carbonyl (C=O) groups excluding carboxylic acids is 1. The van der Waals surface area contributed by atoms with Crippen LogP contribution in [0.15, 0.2) is 48.5 Å². The van der Waals surface area contributed by atoms with Crippen LogP contribution in [0.5, 0.6) is 5.75 Å². The second kappa shape index (κ2) is 6.79. The van der Waals surface area contributed by atoms with Crippen LogP contribution in [0.4, 0.5) is 5.69 Å². The highest BCUT2D eigenvalue weighted by molar-refractivity contribution is 7.80. The lowest BCUT2D eigenvalue weighted by molar-refractivity contribution is 0.0973. The van der Waals surface area contributed by atoms with Crippen LogP contribution >= 0.6 is 12.2 Å². The maximum absolute atomic E-state index is 12.5. The molecule has 3 rings (SSSR count). The van der Waals surface area contributed by atoms with E-state index in [0.29, 0.717) is 23.0 Å². The standard InChI is InChI=1S/C18H18N2O2S/c1-2-22-16-10-6-4-8-14(16)17(21)19-18(23)20-12-11-13-7-3-5-9-15(13)20/h3-10H,2,11-12H2,1H3,(H,19,21,23). The highest BCUT2D eigenvalue weighted by Crippen LogP contribution is 2.27. The first kappa shape index (κ1) is 15.5. The Balaban J connectivity index is 1.75. The summed E-state index contributed by atoms with van der Waals surface area (Å²) in [4.78, 5) is 14.5. The number of ether oxygens (including phenoxy) is 1. The zero-order chi connectivity index (χ0) is 16.2. The second-order valence-electron chi connectivity index (χ2n) is 5.22. The minimum atomic E-state index is -0.247. The van der Waals surface area contributed by atoms with E-state index in [0.717, 1.165) is 18.7 Å². The fourth-order valence-electron chi connectivity index (χ4n) is 2.72. The van der Waals surface area contributed by atoms with Crippen molar-refractivity contribution in [3.63, 3.8) is 0 Å². The number of amides is 1. The molecule has 118 valence electrons. The summed E-state index contributed by atoms with van der Waals surface area (Å²) in [6.45, 7) is 3.18. The van der Waals surface area contributed by atoms with Gasteiger partial charge in [0.25, 0.3) is 5.91 Å². The molecule has 0 atom stereocenters. The zero-order valence-electron chi connectivity index (χ0n) is 12.9. The molecule has 0 radical (unpaired) electrons. The first-order chi connectivity index (χ1) is 11.2. The van der Waals surface area contributed by atoms with Gasteiger partial charge in [-0.15, -0.1) is 0 Å². The minimum Gasteiger partial charge on any atom is -0.493 e. The Bertz CT molecular complexity index is 745. The lowest BCUT2D eigenvalue weighted by Gasteiger charge is -2.21. The van der Waals surface area contributed by atoms with Crippen molar-refractivity contribution in [2.45, 2.75) is 13.3 Å². The van der Waals surface area contributed by atoms with Crippen LogP contribution in [0.2, 0.25) is 0 Å². The molecular weight excluding hydrogens is 308 g/mol. The highest BCUT2D eigenvalue weighted by Gasteiger charge is 2.23. The number of fused-ring (bicyclic) bond motifs is 1. The maximum Gasteiger partial charge on any atom is 0.261 e. The van der Waals surface area contributed by atoms with Crippen LogP contribution in [-0.2, 0) is 6.42 Å². The predicted molar refractivity (Wildman–Crippen MR) is 95.2 cm³/mol. The van der Waals surface area contributed by atoms with Gasteiger partial charge in [-0.1, -0.05) is 30.3 Å². The summed E-state index contributed by atoms with van der Waals surface area (Å²) in [7, 11) is 0. The molecule has 1 N–H and O–H groups in total. The van der Waals surface area contributed by atoms with Crippen LogP contribution in [0.3, 0.4) is 0 Å². The number of para-hydroxylation sites is 2. The number of benzene rings is 2. The van der Waals surface area contributed by atoms with E-state index in [-0.39, 0.29) is 5.91 Å². The van der Waals surface area contributed by atoms with Crippen molar-refractivity contribution in [2.24, 2.45) is 0 Å². The number of nitrogens with zero attached hydrogens (tertiary/aromatic N) is 1. The minimum absolute atomic E-state index is 0.247. The number of hydrogen-bond donors (Lipinski definition) is 1. The fraction of sp³-hybridized carbons (Fsp3) is 0.222. The Hall–Kier alpha value is -2.40. The molecule has 2 aromatic rings. The van der Waals surface area contributed by atoms with Gasteiger partial charge in [-0.05, 0) is 49.3 Å². The van der Waals surface area contributed by atoms with Gasteiger partial charge >= 0.3 is 0 Å². The number of hydrogen-bond acceptors (Lipinski definition) is 3. The zero-order valence-corrected chi connectivity index (χ0v) is 13.7. The molecule has 0 saturated carbocycles. The Labute approximate surface area is 141 Å². The smallest absolute Gasteiger partial charge is 0.261 e. The molecule has 1 heterocycles. The van der Waals surface area contributed by atoms with Gasteiger partial charge in [-0.3, -0.25) is 10.1 Å². The van der Waals surface area contributed by atoms with Crippen LogP contribution in [-0.4, -0.2) is 24.2 Å². The summed E-state index contributed by atoms with van der Waals surface area (Å²) in [6.07, 6.45) is 0.932. The molecule has 1 aliphatic heterocycles. The van der Waals surface area contributed by atoms with Gasteiger partial charge < -0.3 is 9.64 Å². The van der Waals surface area contributed by atoms with Crippen molar-refractivity contribution in [1.82, 2.24) is 5.32 Å². The van der Waals surface area contributed by atoms with Crippen LogP contribution in [0.25, 0.3) is 0 Å². The molecule has 0 spiro atoms. The Morgan fingerprint density at radius 1 is 1.22 bits per heavy atom. The van der Waals surface area contributed by atoms with Crippen LogP contribution in [0, 0.1) is 0 Å². The van der Waals surface area contributed by atoms with Crippen molar-refractivity contribution in [1.29, 1.82) is 0 Å². The molecule has 23 heavy (non-hydrogen) atoms. The molecule has 0 aliphatic carbocycles. The summed E-state index contributed by atoms with van der Waals surface area (Å²) in [5.41, 5.74) is 2.80. The molecule has 0 bridgehead atoms. The number of thiocarbonyl (C=S) groups is 1. The maximum atomic E-state index is 12.5. The van der Waals surface area contributed by atoms with Gasteiger partial charge in [0.15, 0.2) is 5.11 Å². The van der Waals surface area contributed by atoms with Gasteiger partial charge in [0.2, 0.25) is 0 Å². The lowest BCUT2D eigenvalue weighted by Crippen LogP contribution is -2.42. The van der Waals surface area contributed by atoms with E-state index in [2.05, 4.69) is 11.4 Å². The fourth-order valence-corrected chi connectivity index (χ4v) is 3.00. The van der Waals surface area contributed by atoms with Crippen molar-refractivity contribution >= 4 is 28.9 Å².